The van der Waals surface area contributed by atoms with Gasteiger partial charge < -0.3 is 4.74 Å². The van der Waals surface area contributed by atoms with Crippen molar-refractivity contribution in [3.05, 3.63) is 17.5 Å². The van der Waals surface area contributed by atoms with E-state index in [9.17, 15) is 0 Å². The molecule has 0 unspecified atom stereocenters. The third-order valence-corrected chi connectivity index (χ3v) is 2.35. The van der Waals surface area contributed by atoms with Crippen LogP contribution in [0.3, 0.4) is 0 Å². The summed E-state index contributed by atoms with van der Waals surface area (Å²) in [6.45, 7) is 0. The molecule has 1 fully saturated rings. The van der Waals surface area contributed by atoms with Gasteiger partial charge in [0.2, 0.25) is 5.88 Å². The Bertz CT molecular complexity index is 287. The summed E-state index contributed by atoms with van der Waals surface area (Å²) in [6.07, 6.45) is 8.15. The molecule has 1 aliphatic rings. The molecule has 0 amide bonds. The monoisotopic (exact) mass is 198 g/mol. The Balaban J connectivity index is 2.00. The topological polar surface area (TPSA) is 35.0 Å². The number of hydrogen-bond acceptors (Lipinski definition) is 3. The summed E-state index contributed by atoms with van der Waals surface area (Å²) in [5, 5.41) is 0.385. The zero-order valence-corrected chi connectivity index (χ0v) is 8.00. The summed E-state index contributed by atoms with van der Waals surface area (Å²) in [5.41, 5.74) is 0. The van der Waals surface area contributed by atoms with Gasteiger partial charge in [0, 0.05) is 0 Å². The predicted molar refractivity (Wildman–Crippen MR) is 49.9 cm³/mol. The van der Waals surface area contributed by atoms with E-state index in [1.54, 1.807) is 6.20 Å². The Kier molecular flexibility index (Phi) is 2.64. The van der Waals surface area contributed by atoms with Crippen LogP contribution in [0.5, 0.6) is 5.88 Å². The molecule has 1 saturated carbocycles. The van der Waals surface area contributed by atoms with E-state index in [1.807, 2.05) is 0 Å². The van der Waals surface area contributed by atoms with Gasteiger partial charge in [0.25, 0.3) is 0 Å². The van der Waals surface area contributed by atoms with Crippen molar-refractivity contribution in [2.24, 2.45) is 0 Å². The highest BCUT2D eigenvalue weighted by molar-refractivity contribution is 6.29. The quantitative estimate of drug-likeness (QED) is 0.732. The Labute approximate surface area is 82.1 Å². The molecule has 1 aliphatic carbocycles. The molecule has 1 heterocycles. The van der Waals surface area contributed by atoms with E-state index in [2.05, 4.69) is 9.97 Å². The lowest BCUT2D eigenvalue weighted by atomic mass is 10.3. The Hall–Kier alpha value is -0.830. The van der Waals surface area contributed by atoms with Crippen LogP contribution in [0.4, 0.5) is 0 Å². The SMILES string of the molecule is Clc1cncc(OC2CCCC2)n1. The summed E-state index contributed by atoms with van der Waals surface area (Å²) in [4.78, 5) is 7.92. The maximum Gasteiger partial charge on any atom is 0.234 e. The van der Waals surface area contributed by atoms with Crippen molar-refractivity contribution in [2.75, 3.05) is 0 Å². The predicted octanol–water partition coefficient (Wildman–Crippen LogP) is 2.45. The molecule has 0 bridgehead atoms. The second-order valence-corrected chi connectivity index (χ2v) is 3.59. The van der Waals surface area contributed by atoms with Crippen LogP contribution in [0.25, 0.3) is 0 Å². The maximum atomic E-state index is 5.68. The van der Waals surface area contributed by atoms with Crippen LogP contribution < -0.4 is 4.74 Å². The summed E-state index contributed by atoms with van der Waals surface area (Å²) in [5.74, 6) is 0.541. The van der Waals surface area contributed by atoms with Gasteiger partial charge >= 0.3 is 0 Å². The van der Waals surface area contributed by atoms with Crippen molar-refractivity contribution < 1.29 is 4.74 Å². The van der Waals surface area contributed by atoms with E-state index in [0.29, 0.717) is 17.1 Å². The van der Waals surface area contributed by atoms with Crippen LogP contribution >= 0.6 is 11.6 Å². The van der Waals surface area contributed by atoms with Crippen LogP contribution in [0.1, 0.15) is 25.7 Å². The van der Waals surface area contributed by atoms with Crippen LogP contribution in [0, 0.1) is 0 Å². The zero-order chi connectivity index (χ0) is 9.10. The molecule has 0 aromatic carbocycles. The second-order valence-electron chi connectivity index (χ2n) is 3.20. The molecule has 0 spiro atoms. The summed E-state index contributed by atoms with van der Waals surface area (Å²) < 4.78 is 5.60. The molecule has 4 heteroatoms. The van der Waals surface area contributed by atoms with Gasteiger partial charge in [-0.25, -0.2) is 0 Å². The molecule has 70 valence electrons. The van der Waals surface area contributed by atoms with E-state index in [4.69, 9.17) is 16.3 Å². The van der Waals surface area contributed by atoms with Gasteiger partial charge in [-0.05, 0) is 25.7 Å². The molecular formula is C9H11ClN2O. The van der Waals surface area contributed by atoms with E-state index in [-0.39, 0.29) is 0 Å². The Morgan fingerprint density at radius 1 is 1.31 bits per heavy atom. The van der Waals surface area contributed by atoms with Gasteiger partial charge in [-0.1, -0.05) is 11.6 Å². The first-order valence-corrected chi connectivity index (χ1v) is 4.86. The molecule has 0 saturated heterocycles. The van der Waals surface area contributed by atoms with Gasteiger partial charge in [-0.15, -0.1) is 0 Å². The van der Waals surface area contributed by atoms with Crippen molar-refractivity contribution in [3.8, 4) is 5.88 Å². The van der Waals surface area contributed by atoms with Crippen molar-refractivity contribution >= 4 is 11.6 Å². The standard InChI is InChI=1S/C9H11ClN2O/c10-8-5-11-6-9(12-8)13-7-3-1-2-4-7/h5-7H,1-4H2. The number of nitrogens with zero attached hydrogens (tertiary/aromatic N) is 2. The molecule has 1 aromatic heterocycles. The zero-order valence-electron chi connectivity index (χ0n) is 7.24. The average Bonchev–Trinajstić information content (AvgIpc) is 2.57. The second kappa shape index (κ2) is 3.92. The highest BCUT2D eigenvalue weighted by Crippen LogP contribution is 2.22. The highest BCUT2D eigenvalue weighted by Gasteiger charge is 2.16. The summed E-state index contributed by atoms with van der Waals surface area (Å²) >= 11 is 5.68. The van der Waals surface area contributed by atoms with Crippen LogP contribution in [0.2, 0.25) is 5.15 Å². The smallest absolute Gasteiger partial charge is 0.234 e. The minimum absolute atomic E-state index is 0.313. The average molecular weight is 199 g/mol. The number of ether oxygens (including phenoxy) is 1. The molecule has 3 nitrogen and oxygen atoms in total. The molecule has 0 N–H and O–H groups in total. The molecule has 13 heavy (non-hydrogen) atoms. The van der Waals surface area contributed by atoms with Gasteiger partial charge in [0.05, 0.1) is 12.4 Å². The minimum Gasteiger partial charge on any atom is -0.473 e. The number of rotatable bonds is 2. The van der Waals surface area contributed by atoms with Crippen molar-refractivity contribution in [1.82, 2.24) is 9.97 Å². The van der Waals surface area contributed by atoms with E-state index < -0.39 is 0 Å². The summed E-state index contributed by atoms with van der Waals surface area (Å²) in [6, 6.07) is 0. The van der Waals surface area contributed by atoms with Crippen molar-refractivity contribution in [1.29, 1.82) is 0 Å². The molecule has 1 aromatic rings. The third kappa shape index (κ3) is 2.31. The Morgan fingerprint density at radius 3 is 2.77 bits per heavy atom. The fourth-order valence-corrected chi connectivity index (χ4v) is 1.70. The lowest BCUT2D eigenvalue weighted by molar-refractivity contribution is 0.200. The van der Waals surface area contributed by atoms with Gasteiger partial charge in [0.1, 0.15) is 6.10 Å². The number of aromatic nitrogens is 2. The van der Waals surface area contributed by atoms with E-state index in [0.717, 1.165) is 12.8 Å². The number of halogens is 1. The minimum atomic E-state index is 0.313. The van der Waals surface area contributed by atoms with Crippen molar-refractivity contribution in [3.63, 3.8) is 0 Å². The fraction of sp³-hybridized carbons (Fsp3) is 0.556. The first kappa shape index (κ1) is 8.75. The molecule has 0 atom stereocenters. The van der Waals surface area contributed by atoms with Gasteiger partial charge in [-0.3, -0.25) is 4.98 Å². The lowest BCUT2D eigenvalue weighted by Crippen LogP contribution is -2.11. The molecular weight excluding hydrogens is 188 g/mol. The first-order chi connectivity index (χ1) is 6.34. The van der Waals surface area contributed by atoms with Crippen LogP contribution in [0.15, 0.2) is 12.4 Å². The molecule has 2 rings (SSSR count). The third-order valence-electron chi connectivity index (χ3n) is 2.17. The maximum absolute atomic E-state index is 5.68. The summed E-state index contributed by atoms with van der Waals surface area (Å²) in [7, 11) is 0. The molecule has 0 radical (unpaired) electrons. The van der Waals surface area contributed by atoms with E-state index >= 15 is 0 Å². The van der Waals surface area contributed by atoms with Crippen molar-refractivity contribution in [2.45, 2.75) is 31.8 Å². The van der Waals surface area contributed by atoms with Crippen LogP contribution in [-0.2, 0) is 0 Å². The first-order valence-electron chi connectivity index (χ1n) is 4.49. The fourth-order valence-electron chi connectivity index (χ4n) is 1.56. The van der Waals surface area contributed by atoms with E-state index in [1.165, 1.54) is 19.0 Å². The van der Waals surface area contributed by atoms with Gasteiger partial charge in [0.15, 0.2) is 5.15 Å². The molecule has 0 aliphatic heterocycles. The van der Waals surface area contributed by atoms with Gasteiger partial charge in [-0.2, -0.15) is 4.98 Å². The Morgan fingerprint density at radius 2 is 2.08 bits per heavy atom. The highest BCUT2D eigenvalue weighted by atomic mass is 35.5. The largest absolute Gasteiger partial charge is 0.473 e. The normalized spacial score (nSPS) is 17.6. The lowest BCUT2D eigenvalue weighted by Gasteiger charge is -2.10. The van der Waals surface area contributed by atoms with Crippen LogP contribution in [-0.4, -0.2) is 16.1 Å². The number of hydrogen-bond donors (Lipinski definition) is 0.